The molecular formula is C19H16ClN3O3S. The van der Waals surface area contributed by atoms with Crippen LogP contribution in [-0.2, 0) is 0 Å². The number of amides is 1. The van der Waals surface area contributed by atoms with Crippen LogP contribution in [0.25, 0.3) is 5.69 Å². The van der Waals surface area contributed by atoms with Crippen LogP contribution < -0.4 is 14.8 Å². The van der Waals surface area contributed by atoms with Crippen molar-refractivity contribution in [2.75, 3.05) is 24.8 Å². The lowest BCUT2D eigenvalue weighted by Crippen LogP contribution is -2.18. The molecule has 0 spiro atoms. The van der Waals surface area contributed by atoms with Crippen LogP contribution in [0.5, 0.6) is 11.5 Å². The smallest absolute Gasteiger partial charge is 0.274 e. The van der Waals surface area contributed by atoms with Gasteiger partial charge >= 0.3 is 0 Å². The van der Waals surface area contributed by atoms with Crippen molar-refractivity contribution in [3.8, 4) is 17.2 Å². The average molecular weight is 402 g/mol. The number of halogens is 1. The van der Waals surface area contributed by atoms with Crippen LogP contribution in [0.2, 0.25) is 5.02 Å². The highest BCUT2D eigenvalue weighted by atomic mass is 35.5. The Kier molecular flexibility index (Phi) is 4.96. The van der Waals surface area contributed by atoms with E-state index in [1.165, 1.54) is 11.8 Å². The average Bonchev–Trinajstić information content (AvgIpc) is 3.13. The lowest BCUT2D eigenvalue weighted by atomic mass is 10.2. The van der Waals surface area contributed by atoms with Gasteiger partial charge in [0.1, 0.15) is 18.9 Å². The van der Waals surface area contributed by atoms with Gasteiger partial charge in [-0.2, -0.15) is 0 Å². The fourth-order valence-corrected chi connectivity index (χ4v) is 3.56. The number of fused-ring (bicyclic) bond motifs is 1. The number of nitrogens with one attached hydrogen (secondary N) is 1. The second-order valence-corrected chi connectivity index (χ2v) is 6.91. The first-order chi connectivity index (χ1) is 13.2. The molecule has 27 heavy (non-hydrogen) atoms. The molecule has 1 aliphatic heterocycles. The van der Waals surface area contributed by atoms with Gasteiger partial charge in [-0.3, -0.25) is 9.36 Å². The van der Waals surface area contributed by atoms with Gasteiger partial charge < -0.3 is 14.8 Å². The molecule has 1 amide bonds. The van der Waals surface area contributed by atoms with Crippen molar-refractivity contribution in [3.63, 3.8) is 0 Å². The first-order valence-electron chi connectivity index (χ1n) is 8.25. The molecule has 0 unspecified atom stereocenters. The number of anilines is 1. The number of thioether (sulfide) groups is 1. The van der Waals surface area contributed by atoms with E-state index < -0.39 is 0 Å². The van der Waals surface area contributed by atoms with Gasteiger partial charge in [0.15, 0.2) is 16.7 Å². The molecule has 3 aromatic rings. The minimum Gasteiger partial charge on any atom is -0.486 e. The number of rotatable bonds is 4. The number of hydrogen-bond acceptors (Lipinski definition) is 5. The van der Waals surface area contributed by atoms with Crippen LogP contribution in [0, 0.1) is 0 Å². The zero-order valence-corrected chi connectivity index (χ0v) is 16.0. The maximum absolute atomic E-state index is 12.9. The lowest BCUT2D eigenvalue weighted by molar-refractivity contribution is 0.102. The largest absolute Gasteiger partial charge is 0.486 e. The Morgan fingerprint density at radius 1 is 1.19 bits per heavy atom. The number of carbonyl (C=O) groups is 1. The third kappa shape index (κ3) is 3.48. The molecule has 0 saturated carbocycles. The summed E-state index contributed by atoms with van der Waals surface area (Å²) >= 11 is 7.77. The van der Waals surface area contributed by atoms with Gasteiger partial charge in [0.05, 0.1) is 16.9 Å². The lowest BCUT2D eigenvalue weighted by Gasteiger charge is -2.20. The van der Waals surface area contributed by atoms with Crippen molar-refractivity contribution >= 4 is 35.0 Å². The van der Waals surface area contributed by atoms with Gasteiger partial charge in [-0.05, 0) is 18.4 Å². The second kappa shape index (κ2) is 7.54. The number of para-hydroxylation sites is 1. The normalized spacial score (nSPS) is 12.7. The number of hydrogen-bond donors (Lipinski definition) is 1. The molecule has 8 heteroatoms. The Balaban J connectivity index is 1.68. The van der Waals surface area contributed by atoms with E-state index in [0.717, 1.165) is 10.8 Å². The summed E-state index contributed by atoms with van der Waals surface area (Å²) in [4.78, 5) is 17.3. The van der Waals surface area contributed by atoms with Crippen LogP contribution in [0.1, 0.15) is 10.5 Å². The predicted octanol–water partition coefficient (Wildman–Crippen LogP) is 4.27. The van der Waals surface area contributed by atoms with Crippen molar-refractivity contribution in [2.45, 2.75) is 5.16 Å². The van der Waals surface area contributed by atoms with Crippen LogP contribution >= 0.6 is 23.4 Å². The maximum atomic E-state index is 12.9. The Morgan fingerprint density at radius 3 is 2.59 bits per heavy atom. The molecule has 2 aromatic carbocycles. The van der Waals surface area contributed by atoms with E-state index in [9.17, 15) is 4.79 Å². The number of aromatic nitrogens is 2. The highest BCUT2D eigenvalue weighted by molar-refractivity contribution is 7.98. The first kappa shape index (κ1) is 17.8. The topological polar surface area (TPSA) is 65.4 Å². The minimum atomic E-state index is -0.315. The molecule has 0 atom stereocenters. The van der Waals surface area contributed by atoms with E-state index in [0.29, 0.717) is 41.1 Å². The minimum absolute atomic E-state index is 0.315. The molecule has 0 radical (unpaired) electrons. The SMILES string of the molecule is CSc1ncc(C(=O)Nc2cc3c(cc2Cl)OCCO3)n1-c1ccccc1. The molecule has 0 aliphatic carbocycles. The molecule has 1 aromatic heterocycles. The second-order valence-electron chi connectivity index (χ2n) is 5.73. The molecular weight excluding hydrogens is 386 g/mol. The Morgan fingerprint density at radius 2 is 1.89 bits per heavy atom. The summed E-state index contributed by atoms with van der Waals surface area (Å²) in [5.74, 6) is 0.816. The number of nitrogens with zero attached hydrogens (tertiary/aromatic N) is 2. The summed E-state index contributed by atoms with van der Waals surface area (Å²) in [7, 11) is 0. The summed E-state index contributed by atoms with van der Waals surface area (Å²) in [6.07, 6.45) is 3.47. The number of carbonyl (C=O) groups excluding carboxylic acids is 1. The highest BCUT2D eigenvalue weighted by Crippen LogP contribution is 2.38. The summed E-state index contributed by atoms with van der Waals surface area (Å²) < 4.78 is 12.9. The van der Waals surface area contributed by atoms with Crippen LogP contribution in [-0.4, -0.2) is 34.9 Å². The number of imidazole rings is 1. The quantitative estimate of drug-likeness (QED) is 0.661. The zero-order valence-electron chi connectivity index (χ0n) is 14.4. The number of benzene rings is 2. The third-order valence-corrected chi connectivity index (χ3v) is 5.00. The molecule has 1 aliphatic rings. The van der Waals surface area contributed by atoms with Crippen molar-refractivity contribution in [3.05, 3.63) is 59.4 Å². The Hall–Kier alpha value is -2.64. The zero-order chi connectivity index (χ0) is 18.8. The van der Waals surface area contributed by atoms with Crippen molar-refractivity contribution in [2.24, 2.45) is 0 Å². The molecule has 2 heterocycles. The van der Waals surface area contributed by atoms with E-state index in [-0.39, 0.29) is 5.91 Å². The summed E-state index contributed by atoms with van der Waals surface area (Å²) in [6.45, 7) is 0.933. The van der Waals surface area contributed by atoms with Crippen LogP contribution in [0.4, 0.5) is 5.69 Å². The van der Waals surface area contributed by atoms with Crippen LogP contribution in [0.3, 0.4) is 0 Å². The van der Waals surface area contributed by atoms with Crippen molar-refractivity contribution in [1.82, 2.24) is 9.55 Å². The molecule has 1 N–H and O–H groups in total. The molecule has 0 saturated heterocycles. The third-order valence-electron chi connectivity index (χ3n) is 4.04. The van der Waals surface area contributed by atoms with E-state index in [1.54, 1.807) is 18.3 Å². The molecule has 6 nitrogen and oxygen atoms in total. The van der Waals surface area contributed by atoms with E-state index in [4.69, 9.17) is 21.1 Å². The van der Waals surface area contributed by atoms with Gasteiger partial charge in [-0.1, -0.05) is 41.6 Å². The maximum Gasteiger partial charge on any atom is 0.274 e. The Bertz CT molecular complexity index is 991. The Labute approximate surface area is 165 Å². The standard InChI is InChI=1S/C19H16ClN3O3S/c1-27-19-21-11-15(23(19)12-5-3-2-4-6-12)18(24)22-14-10-17-16(9-13(14)20)25-7-8-26-17/h2-6,9-11H,7-8H2,1H3,(H,22,24). The summed E-state index contributed by atoms with van der Waals surface area (Å²) in [6, 6.07) is 12.9. The fraction of sp³-hybridized carbons (Fsp3) is 0.158. The molecule has 0 fully saturated rings. The molecule has 138 valence electrons. The fourth-order valence-electron chi connectivity index (χ4n) is 2.81. The summed E-state index contributed by atoms with van der Waals surface area (Å²) in [5, 5.41) is 3.95. The van der Waals surface area contributed by atoms with Gasteiger partial charge in [0, 0.05) is 17.8 Å². The molecule has 4 rings (SSSR count). The number of ether oxygens (including phenoxy) is 2. The van der Waals surface area contributed by atoms with E-state index >= 15 is 0 Å². The monoisotopic (exact) mass is 401 g/mol. The van der Waals surface area contributed by atoms with Gasteiger partial charge in [0.2, 0.25) is 0 Å². The highest BCUT2D eigenvalue weighted by Gasteiger charge is 2.21. The molecule has 0 bridgehead atoms. The summed E-state index contributed by atoms with van der Waals surface area (Å²) in [5.41, 5.74) is 1.73. The van der Waals surface area contributed by atoms with Crippen LogP contribution in [0.15, 0.2) is 53.8 Å². The van der Waals surface area contributed by atoms with Gasteiger partial charge in [-0.25, -0.2) is 4.98 Å². The first-order valence-corrected chi connectivity index (χ1v) is 9.85. The van der Waals surface area contributed by atoms with E-state index in [1.807, 2.05) is 41.2 Å². The predicted molar refractivity (Wildman–Crippen MR) is 106 cm³/mol. The van der Waals surface area contributed by atoms with E-state index in [2.05, 4.69) is 10.3 Å². The van der Waals surface area contributed by atoms with Crippen molar-refractivity contribution < 1.29 is 14.3 Å². The van der Waals surface area contributed by atoms with Gasteiger partial charge in [0.25, 0.3) is 5.91 Å². The van der Waals surface area contributed by atoms with Crippen molar-refractivity contribution in [1.29, 1.82) is 0 Å². The van der Waals surface area contributed by atoms with Gasteiger partial charge in [-0.15, -0.1) is 0 Å².